The molecule has 0 unspecified atom stereocenters. The maximum absolute atomic E-state index is 13.1. The van der Waals surface area contributed by atoms with E-state index in [2.05, 4.69) is 34.3 Å². The number of carbonyl (C=O) groups is 1. The van der Waals surface area contributed by atoms with Gasteiger partial charge in [0.1, 0.15) is 11.9 Å². The third-order valence-corrected chi connectivity index (χ3v) is 6.05. The molecule has 1 N–H and O–H groups in total. The molecule has 1 amide bonds. The molecule has 1 fully saturated rings. The van der Waals surface area contributed by atoms with E-state index in [1.54, 1.807) is 31.7 Å². The lowest BCUT2D eigenvalue weighted by Gasteiger charge is -2.12. The number of benzene rings is 1. The highest BCUT2D eigenvalue weighted by Crippen LogP contribution is 2.39. The summed E-state index contributed by atoms with van der Waals surface area (Å²) in [6.45, 7) is 4.10. The summed E-state index contributed by atoms with van der Waals surface area (Å²) >= 11 is 0. The normalized spacial score (nSPS) is 13.3. The lowest BCUT2D eigenvalue weighted by molar-refractivity contribution is 0.102. The van der Waals surface area contributed by atoms with Gasteiger partial charge >= 0.3 is 0 Å². The Kier molecular flexibility index (Phi) is 5.57. The van der Waals surface area contributed by atoms with E-state index in [9.17, 15) is 9.59 Å². The molecule has 0 aliphatic heterocycles. The van der Waals surface area contributed by atoms with Crippen LogP contribution in [0.4, 0.5) is 5.69 Å². The molecule has 1 aliphatic carbocycles. The number of nitrogens with one attached hydrogen (secondary N) is 1. The van der Waals surface area contributed by atoms with E-state index < -0.39 is 5.91 Å². The van der Waals surface area contributed by atoms with Crippen molar-refractivity contribution in [2.75, 3.05) is 5.32 Å². The number of aromatic nitrogens is 5. The Labute approximate surface area is 197 Å². The van der Waals surface area contributed by atoms with Gasteiger partial charge < -0.3 is 14.5 Å². The van der Waals surface area contributed by atoms with Crippen LogP contribution in [-0.2, 0) is 7.05 Å². The quantitative estimate of drug-likeness (QED) is 0.465. The van der Waals surface area contributed by atoms with Crippen LogP contribution < -0.4 is 10.9 Å². The van der Waals surface area contributed by atoms with Gasteiger partial charge in [0.15, 0.2) is 5.82 Å². The minimum atomic E-state index is -0.465. The number of nitrogens with zero attached hydrogens (tertiary/aromatic N) is 5. The molecule has 8 nitrogen and oxygen atoms in total. The number of amides is 1. The molecule has 172 valence electrons. The predicted molar refractivity (Wildman–Crippen MR) is 131 cm³/mol. The van der Waals surface area contributed by atoms with Crippen LogP contribution in [-0.4, -0.2) is 30.2 Å². The van der Waals surface area contributed by atoms with Crippen molar-refractivity contribution in [2.45, 2.75) is 38.6 Å². The zero-order valence-corrected chi connectivity index (χ0v) is 19.4. The summed E-state index contributed by atoms with van der Waals surface area (Å²) in [5, 5.41) is 11.1. The minimum Gasteiger partial charge on any atom is -0.322 e. The van der Waals surface area contributed by atoms with Gasteiger partial charge in [0.05, 0.1) is 0 Å². The second kappa shape index (κ2) is 8.70. The van der Waals surface area contributed by atoms with Gasteiger partial charge in [-0.25, -0.2) is 0 Å². The second-order valence-corrected chi connectivity index (χ2v) is 9.00. The zero-order valence-electron chi connectivity index (χ0n) is 19.4. The number of carbonyl (C=O) groups excluding carboxylic acids is 1. The summed E-state index contributed by atoms with van der Waals surface area (Å²) in [5.74, 6) is 0.819. The first-order chi connectivity index (χ1) is 16.4. The number of hydrogen-bond donors (Lipinski definition) is 1. The van der Waals surface area contributed by atoms with Gasteiger partial charge in [0, 0.05) is 59.5 Å². The summed E-state index contributed by atoms with van der Waals surface area (Å²) in [7, 11) is 1.65. The Bertz CT molecular complexity index is 1410. The lowest BCUT2D eigenvalue weighted by atomic mass is 10.1. The van der Waals surface area contributed by atoms with Gasteiger partial charge in [-0.05, 0) is 51.0 Å². The molecule has 4 aromatic rings. The van der Waals surface area contributed by atoms with Crippen molar-refractivity contribution in [3.63, 3.8) is 0 Å². The van der Waals surface area contributed by atoms with Crippen molar-refractivity contribution in [1.29, 1.82) is 0 Å². The van der Waals surface area contributed by atoms with Gasteiger partial charge in [0.2, 0.25) is 0 Å². The molecule has 1 aromatic carbocycles. The number of hydrogen-bond acceptors (Lipinski definition) is 5. The molecule has 3 heterocycles. The van der Waals surface area contributed by atoms with Gasteiger partial charge in [-0.3, -0.25) is 14.6 Å². The Morgan fingerprint density at radius 2 is 1.91 bits per heavy atom. The van der Waals surface area contributed by atoms with Crippen LogP contribution in [0.2, 0.25) is 0 Å². The number of aryl methyl sites for hydroxylation is 1. The lowest BCUT2D eigenvalue weighted by Crippen LogP contribution is -2.27. The first-order valence-corrected chi connectivity index (χ1v) is 11.4. The Morgan fingerprint density at radius 3 is 2.62 bits per heavy atom. The van der Waals surface area contributed by atoms with Crippen LogP contribution in [0.3, 0.4) is 0 Å². The second-order valence-electron chi connectivity index (χ2n) is 9.00. The highest BCUT2D eigenvalue weighted by molar-refractivity contribution is 6.04. The molecule has 0 atom stereocenters. The van der Waals surface area contributed by atoms with Crippen LogP contribution in [0, 0.1) is 0 Å². The highest BCUT2D eigenvalue weighted by atomic mass is 16.2. The van der Waals surface area contributed by atoms with Crippen molar-refractivity contribution in [3.8, 4) is 22.5 Å². The maximum atomic E-state index is 13.1. The fraction of sp³-hybridized carbons (Fsp3) is 0.269. The van der Waals surface area contributed by atoms with Crippen molar-refractivity contribution in [2.24, 2.45) is 7.05 Å². The highest BCUT2D eigenvalue weighted by Gasteiger charge is 2.24. The Hall–Kier alpha value is -4.07. The summed E-state index contributed by atoms with van der Waals surface area (Å²) in [6.07, 6.45) is 7.60. The van der Waals surface area contributed by atoms with Crippen LogP contribution in [0.5, 0.6) is 0 Å². The summed E-state index contributed by atoms with van der Waals surface area (Å²) in [4.78, 5) is 30.5. The van der Waals surface area contributed by atoms with Crippen LogP contribution in [0.15, 0.2) is 66.0 Å². The van der Waals surface area contributed by atoms with E-state index in [0.29, 0.717) is 17.4 Å². The van der Waals surface area contributed by atoms with E-state index in [-0.39, 0.29) is 17.2 Å². The molecule has 0 saturated heterocycles. The smallest absolute Gasteiger partial charge is 0.263 e. The average molecular weight is 455 g/mol. The van der Waals surface area contributed by atoms with Crippen LogP contribution in [0.25, 0.3) is 22.5 Å². The molecule has 8 heteroatoms. The predicted octanol–water partition coefficient (Wildman–Crippen LogP) is 4.42. The average Bonchev–Trinajstić information content (AvgIpc) is 3.56. The third-order valence-electron chi connectivity index (χ3n) is 6.05. The zero-order chi connectivity index (χ0) is 23.8. The SMILES string of the molecule is CC(C)n1cnnc1-c1cccc(NC(=O)c2cc(-c3ccc(C4CC4)nc3)cn(C)c2=O)c1. The van der Waals surface area contributed by atoms with Crippen molar-refractivity contribution in [3.05, 3.63) is 82.8 Å². The summed E-state index contributed by atoms with van der Waals surface area (Å²) < 4.78 is 3.39. The third kappa shape index (κ3) is 4.26. The molecule has 34 heavy (non-hydrogen) atoms. The molecule has 0 bridgehead atoms. The summed E-state index contributed by atoms with van der Waals surface area (Å²) in [5.41, 5.74) is 3.84. The fourth-order valence-electron chi connectivity index (χ4n) is 3.99. The monoisotopic (exact) mass is 454 g/mol. The van der Waals surface area contributed by atoms with Crippen molar-refractivity contribution >= 4 is 11.6 Å². The van der Waals surface area contributed by atoms with E-state index in [1.807, 2.05) is 41.1 Å². The van der Waals surface area contributed by atoms with Crippen molar-refractivity contribution in [1.82, 2.24) is 24.3 Å². The van der Waals surface area contributed by atoms with Gasteiger partial charge in [-0.15, -0.1) is 10.2 Å². The van der Waals surface area contributed by atoms with Crippen LogP contribution in [0.1, 0.15) is 54.7 Å². The van der Waals surface area contributed by atoms with Gasteiger partial charge in [0.25, 0.3) is 11.5 Å². The molecular weight excluding hydrogens is 428 g/mol. The van der Waals surface area contributed by atoms with E-state index in [1.165, 1.54) is 17.4 Å². The molecule has 5 rings (SSSR count). The fourth-order valence-corrected chi connectivity index (χ4v) is 3.99. The first kappa shape index (κ1) is 21.8. The maximum Gasteiger partial charge on any atom is 0.263 e. The molecule has 1 aliphatic rings. The minimum absolute atomic E-state index is 0.0713. The van der Waals surface area contributed by atoms with Gasteiger partial charge in [-0.2, -0.15) is 0 Å². The molecular formula is C26H26N6O2. The Morgan fingerprint density at radius 1 is 1.09 bits per heavy atom. The topological polar surface area (TPSA) is 94.7 Å². The largest absolute Gasteiger partial charge is 0.322 e. The van der Waals surface area contributed by atoms with E-state index in [0.717, 1.165) is 22.4 Å². The molecule has 0 spiro atoms. The molecule has 0 radical (unpaired) electrons. The van der Waals surface area contributed by atoms with Crippen molar-refractivity contribution < 1.29 is 4.79 Å². The number of pyridine rings is 2. The standard InChI is InChI=1S/C26H26N6O2/c1-16(2)32-15-28-30-24(32)18-5-4-6-21(11-18)29-25(33)22-12-20(14-31(3)26(22)34)19-9-10-23(27-13-19)17-7-8-17/h4-6,9-17H,7-8H2,1-3H3,(H,29,33). The summed E-state index contributed by atoms with van der Waals surface area (Å²) in [6, 6.07) is 13.2. The van der Waals surface area contributed by atoms with E-state index >= 15 is 0 Å². The van der Waals surface area contributed by atoms with Gasteiger partial charge in [-0.1, -0.05) is 18.2 Å². The molecule has 3 aromatic heterocycles. The van der Waals surface area contributed by atoms with Crippen LogP contribution >= 0.6 is 0 Å². The first-order valence-electron chi connectivity index (χ1n) is 11.4. The molecule has 1 saturated carbocycles. The Balaban J connectivity index is 1.43. The van der Waals surface area contributed by atoms with E-state index in [4.69, 9.17) is 0 Å². The number of rotatable bonds is 6. The number of anilines is 1.